The molecule has 3 atom stereocenters. The van der Waals surface area contributed by atoms with Crippen molar-refractivity contribution in [3.63, 3.8) is 0 Å². The first-order valence-electron chi connectivity index (χ1n) is 7.29. The van der Waals surface area contributed by atoms with Crippen molar-refractivity contribution in [1.82, 2.24) is 0 Å². The fraction of sp³-hybridized carbons (Fsp3) is 0.875. The van der Waals surface area contributed by atoms with Crippen LogP contribution in [-0.2, 0) is 0 Å². The molecule has 0 aromatic rings. The molecule has 2 unspecified atom stereocenters. The summed E-state index contributed by atoms with van der Waals surface area (Å²) < 4.78 is 0. The third kappa shape index (κ3) is 1.85. The van der Waals surface area contributed by atoms with Crippen molar-refractivity contribution in [1.29, 1.82) is 0 Å². The fourth-order valence-corrected chi connectivity index (χ4v) is 4.42. The Morgan fingerprint density at radius 1 is 1.38 bits per heavy atom. The molecule has 0 bridgehead atoms. The number of fused-ring (bicyclic) bond motifs is 1. The summed E-state index contributed by atoms with van der Waals surface area (Å²) in [6.45, 7) is 9.79. The Hall–Kier alpha value is -0.260. The van der Waals surface area contributed by atoms with Crippen LogP contribution in [-0.4, -0.2) is 0 Å². The van der Waals surface area contributed by atoms with Crippen molar-refractivity contribution >= 4 is 0 Å². The minimum absolute atomic E-state index is 0.556. The standard InChI is InChI=1S/C16H28/c1-5-15-14(12(2)3)10-9-13-8-6-7-11-16(13,15)4/h9,12,14-15H,5-8,10-11H2,1-4H3/t14?,15?,16-/m0/s1. The van der Waals surface area contributed by atoms with Gasteiger partial charge in [-0.15, -0.1) is 0 Å². The van der Waals surface area contributed by atoms with E-state index in [0.717, 1.165) is 17.8 Å². The Labute approximate surface area is 102 Å². The Bertz CT molecular complexity index is 274. The van der Waals surface area contributed by atoms with E-state index in [-0.39, 0.29) is 0 Å². The second kappa shape index (κ2) is 4.55. The van der Waals surface area contributed by atoms with Crippen molar-refractivity contribution in [3.8, 4) is 0 Å². The smallest absolute Gasteiger partial charge is 0.00854 e. The largest absolute Gasteiger partial charge is 0.0845 e. The quantitative estimate of drug-likeness (QED) is 0.561. The molecule has 2 aliphatic carbocycles. The Kier molecular flexibility index (Phi) is 3.47. The molecule has 2 rings (SSSR count). The predicted molar refractivity (Wildman–Crippen MR) is 71.4 cm³/mol. The average molecular weight is 220 g/mol. The molecular weight excluding hydrogens is 192 g/mol. The number of hydrogen-bond donors (Lipinski definition) is 0. The molecule has 16 heavy (non-hydrogen) atoms. The topological polar surface area (TPSA) is 0 Å². The van der Waals surface area contributed by atoms with Crippen LogP contribution in [0.4, 0.5) is 0 Å². The summed E-state index contributed by atoms with van der Waals surface area (Å²) in [5.41, 5.74) is 2.36. The molecule has 2 aliphatic rings. The van der Waals surface area contributed by atoms with Gasteiger partial charge in [-0.3, -0.25) is 0 Å². The minimum Gasteiger partial charge on any atom is -0.0845 e. The molecule has 0 radical (unpaired) electrons. The third-order valence-electron chi connectivity index (χ3n) is 5.39. The zero-order valence-corrected chi connectivity index (χ0v) is 11.6. The summed E-state index contributed by atoms with van der Waals surface area (Å²) in [7, 11) is 0. The van der Waals surface area contributed by atoms with Gasteiger partial charge in [0.15, 0.2) is 0 Å². The SMILES string of the molecule is CCC1C(C(C)C)CC=C2CCCC[C@@]21C. The maximum absolute atomic E-state index is 2.61. The summed E-state index contributed by atoms with van der Waals surface area (Å²) in [4.78, 5) is 0. The lowest BCUT2D eigenvalue weighted by molar-refractivity contribution is 0.0784. The molecule has 0 aliphatic heterocycles. The molecule has 0 spiro atoms. The predicted octanol–water partition coefficient (Wildman–Crippen LogP) is 5.20. The van der Waals surface area contributed by atoms with E-state index >= 15 is 0 Å². The van der Waals surface area contributed by atoms with Crippen LogP contribution in [0.15, 0.2) is 11.6 Å². The molecule has 0 heteroatoms. The van der Waals surface area contributed by atoms with Crippen molar-refractivity contribution in [2.24, 2.45) is 23.2 Å². The Morgan fingerprint density at radius 3 is 2.75 bits per heavy atom. The van der Waals surface area contributed by atoms with Crippen molar-refractivity contribution in [2.45, 2.75) is 66.2 Å². The van der Waals surface area contributed by atoms with Crippen LogP contribution in [0.2, 0.25) is 0 Å². The minimum atomic E-state index is 0.556. The molecule has 0 saturated heterocycles. The van der Waals surface area contributed by atoms with Gasteiger partial charge in [0.2, 0.25) is 0 Å². The molecule has 0 aromatic carbocycles. The zero-order valence-electron chi connectivity index (χ0n) is 11.6. The maximum atomic E-state index is 2.61. The molecule has 92 valence electrons. The van der Waals surface area contributed by atoms with Gasteiger partial charge in [-0.2, -0.15) is 0 Å². The lowest BCUT2D eigenvalue weighted by Gasteiger charge is -2.50. The average Bonchev–Trinajstić information content (AvgIpc) is 2.26. The fourth-order valence-electron chi connectivity index (χ4n) is 4.42. The lowest BCUT2D eigenvalue weighted by atomic mass is 9.55. The van der Waals surface area contributed by atoms with Gasteiger partial charge >= 0.3 is 0 Å². The maximum Gasteiger partial charge on any atom is -0.00854 e. The van der Waals surface area contributed by atoms with Crippen molar-refractivity contribution < 1.29 is 0 Å². The highest BCUT2D eigenvalue weighted by Crippen LogP contribution is 2.54. The van der Waals surface area contributed by atoms with Crippen LogP contribution in [0.25, 0.3) is 0 Å². The van der Waals surface area contributed by atoms with Gasteiger partial charge in [0.05, 0.1) is 0 Å². The Morgan fingerprint density at radius 2 is 2.12 bits per heavy atom. The van der Waals surface area contributed by atoms with E-state index < -0.39 is 0 Å². The van der Waals surface area contributed by atoms with Crippen LogP contribution in [0.3, 0.4) is 0 Å². The van der Waals surface area contributed by atoms with Crippen LogP contribution >= 0.6 is 0 Å². The molecule has 1 fully saturated rings. The first-order chi connectivity index (χ1) is 7.59. The molecule has 0 heterocycles. The first kappa shape index (κ1) is 12.2. The van der Waals surface area contributed by atoms with Gasteiger partial charge in [-0.25, -0.2) is 0 Å². The van der Waals surface area contributed by atoms with Crippen LogP contribution < -0.4 is 0 Å². The highest BCUT2D eigenvalue weighted by molar-refractivity contribution is 5.22. The summed E-state index contributed by atoms with van der Waals surface area (Å²) in [6, 6.07) is 0. The summed E-state index contributed by atoms with van der Waals surface area (Å²) in [6.07, 6.45) is 11.0. The van der Waals surface area contributed by atoms with Gasteiger partial charge in [0, 0.05) is 0 Å². The van der Waals surface area contributed by atoms with Gasteiger partial charge in [0.25, 0.3) is 0 Å². The summed E-state index contributed by atoms with van der Waals surface area (Å²) in [5, 5.41) is 0. The van der Waals surface area contributed by atoms with E-state index in [4.69, 9.17) is 0 Å². The monoisotopic (exact) mass is 220 g/mol. The van der Waals surface area contributed by atoms with Crippen LogP contribution in [0.1, 0.15) is 66.2 Å². The van der Waals surface area contributed by atoms with Gasteiger partial charge < -0.3 is 0 Å². The van der Waals surface area contributed by atoms with Gasteiger partial charge in [-0.05, 0) is 48.9 Å². The van der Waals surface area contributed by atoms with E-state index in [2.05, 4.69) is 33.8 Å². The van der Waals surface area contributed by atoms with Gasteiger partial charge in [0.1, 0.15) is 0 Å². The summed E-state index contributed by atoms with van der Waals surface area (Å²) in [5.74, 6) is 2.71. The number of rotatable bonds is 2. The van der Waals surface area contributed by atoms with E-state index in [0.29, 0.717) is 5.41 Å². The zero-order chi connectivity index (χ0) is 11.8. The molecule has 0 nitrogen and oxygen atoms in total. The van der Waals surface area contributed by atoms with E-state index in [1.807, 2.05) is 5.57 Å². The number of allylic oxidation sites excluding steroid dienone is 2. The first-order valence-corrected chi connectivity index (χ1v) is 7.29. The van der Waals surface area contributed by atoms with E-state index in [1.165, 1.54) is 38.5 Å². The normalized spacial score (nSPS) is 39.4. The highest BCUT2D eigenvalue weighted by Gasteiger charge is 2.44. The van der Waals surface area contributed by atoms with Crippen molar-refractivity contribution in [2.75, 3.05) is 0 Å². The van der Waals surface area contributed by atoms with Crippen molar-refractivity contribution in [3.05, 3.63) is 11.6 Å². The second-order valence-electron chi connectivity index (χ2n) is 6.51. The third-order valence-corrected chi connectivity index (χ3v) is 5.39. The molecule has 1 saturated carbocycles. The number of hydrogen-bond acceptors (Lipinski definition) is 0. The lowest BCUT2D eigenvalue weighted by Crippen LogP contribution is -2.40. The van der Waals surface area contributed by atoms with Crippen LogP contribution in [0.5, 0.6) is 0 Å². The molecule has 0 N–H and O–H groups in total. The van der Waals surface area contributed by atoms with E-state index in [9.17, 15) is 0 Å². The Balaban J connectivity index is 2.30. The molecular formula is C16H28. The second-order valence-corrected chi connectivity index (χ2v) is 6.51. The highest BCUT2D eigenvalue weighted by atomic mass is 14.5. The molecule has 0 amide bonds. The van der Waals surface area contributed by atoms with E-state index in [1.54, 1.807) is 0 Å². The van der Waals surface area contributed by atoms with Gasteiger partial charge in [-0.1, -0.05) is 52.2 Å². The molecule has 0 aromatic heterocycles. The summed E-state index contributed by atoms with van der Waals surface area (Å²) >= 11 is 0. The van der Waals surface area contributed by atoms with Crippen LogP contribution in [0, 0.1) is 23.2 Å².